The molecule has 6 heteroatoms. The van der Waals surface area contributed by atoms with Gasteiger partial charge < -0.3 is 26.3 Å². The summed E-state index contributed by atoms with van der Waals surface area (Å²) < 4.78 is 11.5. The van der Waals surface area contributed by atoms with Crippen LogP contribution >= 0.6 is 11.8 Å². The van der Waals surface area contributed by atoms with Gasteiger partial charge in [0.05, 0.1) is 30.7 Å². The zero-order chi connectivity index (χ0) is 17.5. The highest BCUT2D eigenvalue weighted by Gasteiger charge is 2.12. The van der Waals surface area contributed by atoms with E-state index in [1.54, 1.807) is 11.8 Å². The lowest BCUT2D eigenvalue weighted by Gasteiger charge is -2.23. The quantitative estimate of drug-likeness (QED) is 0.520. The summed E-state index contributed by atoms with van der Waals surface area (Å²) in [6, 6.07) is 13.8. The fourth-order valence-electron chi connectivity index (χ4n) is 2.66. The van der Waals surface area contributed by atoms with E-state index >= 15 is 0 Å². The van der Waals surface area contributed by atoms with Crippen LogP contribution in [0.1, 0.15) is 12.8 Å². The van der Waals surface area contributed by atoms with Crippen molar-refractivity contribution >= 4 is 23.1 Å². The van der Waals surface area contributed by atoms with Crippen molar-refractivity contribution in [2.24, 2.45) is 0 Å². The average Bonchev–Trinajstić information content (AvgIpc) is 2.64. The van der Waals surface area contributed by atoms with Crippen molar-refractivity contribution in [3.8, 4) is 5.75 Å². The normalized spacial score (nSPS) is 17.4. The first-order chi connectivity index (χ1) is 12.2. The molecule has 1 fully saturated rings. The Labute approximate surface area is 153 Å². The van der Waals surface area contributed by atoms with Crippen LogP contribution in [0, 0.1) is 0 Å². The Bertz CT molecular complexity index is 673. The van der Waals surface area contributed by atoms with Gasteiger partial charge in [-0.25, -0.2) is 0 Å². The highest BCUT2D eigenvalue weighted by Crippen LogP contribution is 2.31. The van der Waals surface area contributed by atoms with E-state index < -0.39 is 0 Å². The van der Waals surface area contributed by atoms with Gasteiger partial charge in [-0.3, -0.25) is 0 Å². The van der Waals surface area contributed by atoms with Gasteiger partial charge in [-0.1, -0.05) is 11.8 Å². The van der Waals surface area contributed by atoms with Gasteiger partial charge in [0.15, 0.2) is 0 Å². The number of nitrogens with one attached hydrogen (secondary N) is 1. The lowest BCUT2D eigenvalue weighted by molar-refractivity contribution is 0.0204. The predicted molar refractivity (Wildman–Crippen MR) is 103 cm³/mol. The fraction of sp³-hybridized carbons (Fsp3) is 0.368. The van der Waals surface area contributed by atoms with E-state index in [4.69, 9.17) is 20.9 Å². The molecule has 0 radical (unpaired) electrons. The topological polar surface area (TPSA) is 82.5 Å². The molecule has 1 aliphatic heterocycles. The maximum absolute atomic E-state index is 5.85. The molecule has 0 aromatic heterocycles. The molecule has 0 aliphatic carbocycles. The molecule has 5 N–H and O–H groups in total. The molecule has 2 aromatic carbocycles. The van der Waals surface area contributed by atoms with E-state index in [1.165, 1.54) is 0 Å². The van der Waals surface area contributed by atoms with E-state index in [2.05, 4.69) is 17.4 Å². The van der Waals surface area contributed by atoms with Crippen LogP contribution in [-0.4, -0.2) is 32.4 Å². The fourth-order valence-corrected chi connectivity index (χ4v) is 3.53. The summed E-state index contributed by atoms with van der Waals surface area (Å²) in [6.45, 7) is 3.42. The molecule has 1 unspecified atom stereocenters. The van der Waals surface area contributed by atoms with Gasteiger partial charge in [-0.15, -0.1) is 0 Å². The highest BCUT2D eigenvalue weighted by atomic mass is 32.2. The highest BCUT2D eigenvalue weighted by molar-refractivity contribution is 7.99. The van der Waals surface area contributed by atoms with Crippen LogP contribution < -0.4 is 21.5 Å². The van der Waals surface area contributed by atoms with Gasteiger partial charge >= 0.3 is 0 Å². The molecule has 0 spiro atoms. The molecule has 0 saturated carbocycles. The van der Waals surface area contributed by atoms with Crippen molar-refractivity contribution in [2.75, 3.05) is 37.8 Å². The van der Waals surface area contributed by atoms with E-state index in [0.29, 0.717) is 24.1 Å². The minimum atomic E-state index is 0.323. The first-order valence-electron chi connectivity index (χ1n) is 8.59. The standard InChI is InChI=1S/C19H25N3O2S/c20-18-8-7-17(12-19(18)21)25-16-5-3-14(4-6-16)23-10-1-2-15-13-22-9-11-24-15/h3-8,12,15,22H,1-2,9-11,13,20-21H2. The Morgan fingerprint density at radius 1 is 1.08 bits per heavy atom. The largest absolute Gasteiger partial charge is 0.494 e. The monoisotopic (exact) mass is 359 g/mol. The van der Waals surface area contributed by atoms with Gasteiger partial charge in [0, 0.05) is 22.9 Å². The van der Waals surface area contributed by atoms with E-state index in [1.807, 2.05) is 30.3 Å². The van der Waals surface area contributed by atoms with Gasteiger partial charge in [-0.2, -0.15) is 0 Å². The molecule has 1 saturated heterocycles. The van der Waals surface area contributed by atoms with Crippen LogP contribution in [0.5, 0.6) is 5.75 Å². The average molecular weight is 359 g/mol. The van der Waals surface area contributed by atoms with Crippen molar-refractivity contribution in [1.82, 2.24) is 5.32 Å². The number of nitrogens with two attached hydrogens (primary N) is 2. The van der Waals surface area contributed by atoms with Crippen molar-refractivity contribution in [2.45, 2.75) is 28.7 Å². The molecular weight excluding hydrogens is 334 g/mol. The molecule has 5 nitrogen and oxygen atoms in total. The van der Waals surface area contributed by atoms with Gasteiger partial charge in [0.1, 0.15) is 5.75 Å². The van der Waals surface area contributed by atoms with Crippen molar-refractivity contribution < 1.29 is 9.47 Å². The van der Waals surface area contributed by atoms with Crippen LogP contribution in [-0.2, 0) is 4.74 Å². The molecule has 0 amide bonds. The number of nitrogen functional groups attached to an aromatic ring is 2. The first kappa shape index (κ1) is 17.9. The maximum atomic E-state index is 5.85. The van der Waals surface area contributed by atoms with E-state index in [9.17, 15) is 0 Å². The second-order valence-electron chi connectivity index (χ2n) is 6.05. The third-order valence-electron chi connectivity index (χ3n) is 4.06. The Hall–Kier alpha value is -1.89. The Morgan fingerprint density at radius 3 is 2.60 bits per heavy atom. The summed E-state index contributed by atoms with van der Waals surface area (Å²) in [5.41, 5.74) is 12.8. The van der Waals surface area contributed by atoms with Crippen LogP contribution in [0.25, 0.3) is 0 Å². The number of morpholine rings is 1. The zero-order valence-corrected chi connectivity index (χ0v) is 15.1. The predicted octanol–water partition coefficient (Wildman–Crippen LogP) is 3.15. The van der Waals surface area contributed by atoms with Crippen LogP contribution in [0.15, 0.2) is 52.3 Å². The van der Waals surface area contributed by atoms with E-state index in [-0.39, 0.29) is 0 Å². The van der Waals surface area contributed by atoms with Crippen molar-refractivity contribution in [3.05, 3.63) is 42.5 Å². The molecule has 134 valence electrons. The summed E-state index contributed by atoms with van der Waals surface area (Å²) >= 11 is 1.65. The molecule has 0 bridgehead atoms. The second kappa shape index (κ2) is 8.99. The number of hydrogen-bond donors (Lipinski definition) is 3. The summed E-state index contributed by atoms with van der Waals surface area (Å²) in [6.07, 6.45) is 2.34. The summed E-state index contributed by atoms with van der Waals surface area (Å²) in [5, 5.41) is 3.34. The molecule has 2 aromatic rings. The van der Waals surface area contributed by atoms with Gasteiger partial charge in [0.25, 0.3) is 0 Å². The SMILES string of the molecule is Nc1ccc(Sc2ccc(OCCCC3CNCCO3)cc2)cc1N. The maximum Gasteiger partial charge on any atom is 0.119 e. The van der Waals surface area contributed by atoms with Crippen LogP contribution in [0.2, 0.25) is 0 Å². The lowest BCUT2D eigenvalue weighted by atomic mass is 10.2. The summed E-state index contributed by atoms with van der Waals surface area (Å²) in [5.74, 6) is 0.892. The lowest BCUT2D eigenvalue weighted by Crippen LogP contribution is -2.38. The zero-order valence-electron chi connectivity index (χ0n) is 14.2. The molecule has 1 aliphatic rings. The van der Waals surface area contributed by atoms with Crippen molar-refractivity contribution in [1.29, 1.82) is 0 Å². The molecule has 25 heavy (non-hydrogen) atoms. The minimum Gasteiger partial charge on any atom is -0.494 e. The third kappa shape index (κ3) is 5.56. The number of rotatable bonds is 7. The van der Waals surface area contributed by atoms with Crippen LogP contribution in [0.3, 0.4) is 0 Å². The molecule has 3 rings (SSSR count). The van der Waals surface area contributed by atoms with E-state index in [0.717, 1.165) is 48.1 Å². The van der Waals surface area contributed by atoms with Crippen LogP contribution in [0.4, 0.5) is 11.4 Å². The number of ether oxygens (including phenoxy) is 2. The molecule has 1 heterocycles. The molecular formula is C19H25N3O2S. The summed E-state index contributed by atoms with van der Waals surface area (Å²) in [4.78, 5) is 2.21. The first-order valence-corrected chi connectivity index (χ1v) is 9.40. The minimum absolute atomic E-state index is 0.323. The smallest absolute Gasteiger partial charge is 0.119 e. The number of hydrogen-bond acceptors (Lipinski definition) is 6. The second-order valence-corrected chi connectivity index (χ2v) is 7.20. The Kier molecular flexibility index (Phi) is 6.44. The van der Waals surface area contributed by atoms with Gasteiger partial charge in [-0.05, 0) is 55.3 Å². The van der Waals surface area contributed by atoms with Crippen molar-refractivity contribution in [3.63, 3.8) is 0 Å². The molecule has 1 atom stereocenters. The summed E-state index contributed by atoms with van der Waals surface area (Å²) in [7, 11) is 0. The Morgan fingerprint density at radius 2 is 1.88 bits per heavy atom. The third-order valence-corrected chi connectivity index (χ3v) is 5.06. The number of anilines is 2. The van der Waals surface area contributed by atoms with Gasteiger partial charge in [0.2, 0.25) is 0 Å². The number of benzene rings is 2. The Balaban J connectivity index is 1.42.